The molecule has 0 atom stereocenters. The van der Waals surface area contributed by atoms with Gasteiger partial charge in [0.05, 0.1) is 16.2 Å². The second kappa shape index (κ2) is 12.4. The number of nitro groups is 1. The van der Waals surface area contributed by atoms with Crippen LogP contribution in [0.4, 0.5) is 5.69 Å². The average molecular weight is 503 g/mol. The van der Waals surface area contributed by atoms with Gasteiger partial charge in [-0.3, -0.25) is 14.9 Å². The lowest BCUT2D eigenvalue weighted by atomic mass is 10.1. The lowest BCUT2D eigenvalue weighted by molar-refractivity contribution is -0.383. The van der Waals surface area contributed by atoms with Crippen molar-refractivity contribution < 1.29 is 4.92 Å². The van der Waals surface area contributed by atoms with Gasteiger partial charge in [0.2, 0.25) is 0 Å². The fourth-order valence-corrected chi connectivity index (χ4v) is 4.98. The summed E-state index contributed by atoms with van der Waals surface area (Å²) in [6.45, 7) is 2.66. The third-order valence-corrected chi connectivity index (χ3v) is 6.88. The molecule has 8 heteroatoms. The highest BCUT2D eigenvalue weighted by molar-refractivity contribution is 5.92. The summed E-state index contributed by atoms with van der Waals surface area (Å²) in [5, 5.41) is 12.4. The number of hydrogen-bond donors (Lipinski definition) is 0. The van der Waals surface area contributed by atoms with Gasteiger partial charge < -0.3 is 4.57 Å². The van der Waals surface area contributed by atoms with Gasteiger partial charge in [0.1, 0.15) is 5.52 Å². The van der Waals surface area contributed by atoms with E-state index in [2.05, 4.69) is 11.9 Å². The Hall–Kier alpha value is -3.81. The molecule has 8 nitrogen and oxygen atoms in total. The van der Waals surface area contributed by atoms with Crippen molar-refractivity contribution in [2.45, 2.75) is 77.7 Å². The molecule has 2 aromatic rings. The van der Waals surface area contributed by atoms with E-state index in [1.54, 1.807) is 53.1 Å². The summed E-state index contributed by atoms with van der Waals surface area (Å²) < 4.78 is 2.75. The van der Waals surface area contributed by atoms with Crippen molar-refractivity contribution in [1.29, 1.82) is 0 Å². The quantitative estimate of drug-likeness (QED) is 0.0901. The second-order valence-electron chi connectivity index (χ2n) is 9.56. The molecule has 0 spiro atoms. The van der Waals surface area contributed by atoms with Crippen molar-refractivity contribution in [2.24, 2.45) is 0 Å². The molecule has 4 rings (SSSR count). The number of aryl methyl sites for hydroxylation is 1. The van der Waals surface area contributed by atoms with E-state index >= 15 is 0 Å². The molecule has 2 heterocycles. The molecule has 194 valence electrons. The Morgan fingerprint density at radius 3 is 2.14 bits per heavy atom. The van der Waals surface area contributed by atoms with E-state index in [-0.39, 0.29) is 17.1 Å². The molecule has 0 amide bonds. The van der Waals surface area contributed by atoms with Crippen LogP contribution < -0.4 is 11.2 Å². The first kappa shape index (κ1) is 26.3. The maximum absolute atomic E-state index is 13.5. The number of pyridine rings is 1. The number of para-hydroxylation sites is 2. The van der Waals surface area contributed by atoms with Gasteiger partial charge in [-0.2, -0.15) is 4.98 Å². The molecule has 37 heavy (non-hydrogen) atoms. The highest BCUT2D eigenvalue weighted by Crippen LogP contribution is 2.31. The van der Waals surface area contributed by atoms with Gasteiger partial charge in [0, 0.05) is 18.0 Å². The second-order valence-corrected chi connectivity index (χ2v) is 9.56. The summed E-state index contributed by atoms with van der Waals surface area (Å²) in [7, 11) is 0. The maximum Gasteiger partial charge on any atom is 0.357 e. The number of rotatable bonds is 13. The average Bonchev–Trinajstić information content (AvgIpc) is 2.90. The molecule has 0 fully saturated rings. The summed E-state index contributed by atoms with van der Waals surface area (Å²) in [6.07, 6.45) is 11.6. The van der Waals surface area contributed by atoms with Crippen molar-refractivity contribution in [2.75, 3.05) is 0 Å². The Balaban J connectivity index is 1.65. The normalized spacial score (nSPS) is 11.4. The van der Waals surface area contributed by atoms with E-state index in [0.29, 0.717) is 23.1 Å². The highest BCUT2D eigenvalue weighted by Gasteiger charge is 2.24. The first-order chi connectivity index (χ1) is 18.0. The molecule has 0 aromatic heterocycles. The third kappa shape index (κ3) is 5.96. The predicted molar refractivity (Wildman–Crippen MR) is 147 cm³/mol. The van der Waals surface area contributed by atoms with E-state index in [4.69, 9.17) is 0 Å². The van der Waals surface area contributed by atoms with Crippen LogP contribution >= 0.6 is 0 Å². The first-order valence-electron chi connectivity index (χ1n) is 13.3. The van der Waals surface area contributed by atoms with Crippen LogP contribution in [-0.4, -0.2) is 19.0 Å². The van der Waals surface area contributed by atoms with Crippen LogP contribution in [0.25, 0.3) is 28.0 Å². The van der Waals surface area contributed by atoms with Gasteiger partial charge in [-0.25, -0.2) is 9.36 Å². The van der Waals surface area contributed by atoms with E-state index in [9.17, 15) is 19.7 Å². The van der Waals surface area contributed by atoms with Crippen LogP contribution in [0.5, 0.6) is 0 Å². The third-order valence-electron chi connectivity index (χ3n) is 6.88. The number of nitro benzene ring substituents is 1. The number of unbranched alkanes of at least 4 members (excludes halogenated alkanes) is 9. The van der Waals surface area contributed by atoms with E-state index in [1.165, 1.54) is 44.6 Å². The number of nitrogens with zero attached hydrogens (tertiary/aromatic N) is 4. The Bertz CT molecular complexity index is 1440. The molecule has 0 unspecified atom stereocenters. The Labute approximate surface area is 216 Å². The van der Waals surface area contributed by atoms with Crippen LogP contribution in [0.3, 0.4) is 0 Å². The van der Waals surface area contributed by atoms with Gasteiger partial charge >= 0.3 is 5.69 Å². The van der Waals surface area contributed by atoms with Crippen LogP contribution in [0.2, 0.25) is 0 Å². The minimum atomic E-state index is -0.696. The van der Waals surface area contributed by atoms with Crippen molar-refractivity contribution in [3.8, 4) is 17.1 Å². The van der Waals surface area contributed by atoms with Gasteiger partial charge in [0.15, 0.2) is 5.82 Å². The van der Waals surface area contributed by atoms with Crippen LogP contribution in [-0.2, 0) is 6.54 Å². The molecule has 2 aromatic carbocycles. The molecular formula is C29H34N4O4. The predicted octanol–water partition coefficient (Wildman–Crippen LogP) is 6.48. The van der Waals surface area contributed by atoms with Crippen molar-refractivity contribution in [3.63, 3.8) is 0 Å². The maximum atomic E-state index is 13.5. The summed E-state index contributed by atoms with van der Waals surface area (Å²) in [5.41, 5.74) is -0.145. The fraction of sp³-hybridized carbons (Fsp3) is 0.414. The minimum Gasteiger partial charge on any atom is -0.319 e. The van der Waals surface area contributed by atoms with Crippen molar-refractivity contribution >= 4 is 16.6 Å². The van der Waals surface area contributed by atoms with Gasteiger partial charge in [-0.15, -0.1) is 0 Å². The Morgan fingerprint density at radius 2 is 1.49 bits per heavy atom. The van der Waals surface area contributed by atoms with Crippen LogP contribution in [0.1, 0.15) is 71.1 Å². The van der Waals surface area contributed by atoms with Gasteiger partial charge in [0.25, 0.3) is 11.2 Å². The van der Waals surface area contributed by atoms with Gasteiger partial charge in [-0.1, -0.05) is 95.0 Å². The SMILES string of the molecule is CCCCCCCCCCCCn1c2nc(=O)n(-c3ccccc3)c(=O)c-2cc2cccc([N+](=O)[O-])c21. The number of non-ortho nitro benzene ring substituents is 1. The summed E-state index contributed by atoms with van der Waals surface area (Å²) in [6, 6.07) is 15.1. The lowest BCUT2D eigenvalue weighted by Gasteiger charge is -2.18. The summed E-state index contributed by atoms with van der Waals surface area (Å²) in [5.74, 6) is 0.194. The van der Waals surface area contributed by atoms with Crippen LogP contribution in [0, 0.1) is 10.1 Å². The number of aromatic nitrogens is 3. The van der Waals surface area contributed by atoms with Crippen LogP contribution in [0.15, 0.2) is 64.2 Å². The topological polar surface area (TPSA) is 100 Å². The van der Waals surface area contributed by atoms with Crippen molar-refractivity contribution in [1.82, 2.24) is 14.1 Å². The largest absolute Gasteiger partial charge is 0.357 e. The van der Waals surface area contributed by atoms with E-state index < -0.39 is 16.2 Å². The first-order valence-corrected chi connectivity index (χ1v) is 13.3. The molecule has 0 saturated carbocycles. The summed E-state index contributed by atoms with van der Waals surface area (Å²) in [4.78, 5) is 42.2. The zero-order valence-electron chi connectivity index (χ0n) is 21.4. The lowest BCUT2D eigenvalue weighted by Crippen LogP contribution is -2.37. The molecule has 0 aliphatic carbocycles. The standard InChI is InChI=1S/C29H34N4O4/c1-2-3-4-5-6-7-8-9-10-14-20-31-26-22(16-15-19-25(26)33(36)37)21-24-27(31)30-29(35)32(28(24)34)23-17-12-11-13-18-23/h11-13,15-19,21H,2-10,14,20H2,1H3. The molecule has 0 radical (unpaired) electrons. The molecule has 2 aliphatic rings. The number of benzene rings is 2. The summed E-state index contributed by atoms with van der Waals surface area (Å²) >= 11 is 0. The Morgan fingerprint density at radius 1 is 0.838 bits per heavy atom. The minimum absolute atomic E-state index is 0.0621. The molecular weight excluding hydrogens is 468 g/mol. The van der Waals surface area contributed by atoms with Gasteiger partial charge in [-0.05, 0) is 24.6 Å². The monoisotopic (exact) mass is 502 g/mol. The van der Waals surface area contributed by atoms with E-state index in [1.807, 2.05) is 0 Å². The molecule has 0 N–H and O–H groups in total. The zero-order chi connectivity index (χ0) is 26.2. The molecule has 0 saturated heterocycles. The number of hydrogen-bond acceptors (Lipinski definition) is 5. The number of fused-ring (bicyclic) bond motifs is 2. The molecule has 0 bridgehead atoms. The Kier molecular flexibility index (Phi) is 8.82. The smallest absolute Gasteiger partial charge is 0.319 e. The highest BCUT2D eigenvalue weighted by atomic mass is 16.6. The molecule has 2 aliphatic heterocycles. The van der Waals surface area contributed by atoms with E-state index in [0.717, 1.165) is 30.3 Å². The fourth-order valence-electron chi connectivity index (χ4n) is 4.98. The van der Waals surface area contributed by atoms with Crippen molar-refractivity contribution in [3.05, 3.63) is 85.5 Å². The zero-order valence-corrected chi connectivity index (χ0v) is 21.4.